The molecule has 1 aromatic rings. The third-order valence-electron chi connectivity index (χ3n) is 10.0. The molecule has 6 rings (SSSR count). The maximum atomic E-state index is 14.5. The van der Waals surface area contributed by atoms with Crippen molar-refractivity contribution in [3.63, 3.8) is 0 Å². The number of nitrogens with two attached hydrogens (primary N) is 1. The van der Waals surface area contributed by atoms with Crippen molar-refractivity contribution in [1.29, 1.82) is 5.26 Å². The highest BCUT2D eigenvalue weighted by Crippen LogP contribution is 2.43. The largest absolute Gasteiger partial charge is 0.345 e. The number of benzene rings is 1. The van der Waals surface area contributed by atoms with Crippen LogP contribution in [0, 0.1) is 29.1 Å². The van der Waals surface area contributed by atoms with Crippen LogP contribution in [0.5, 0.6) is 0 Å². The Bertz CT molecular complexity index is 1090. The molecule has 3 aliphatic heterocycles. The molecule has 3 heterocycles. The summed E-state index contributed by atoms with van der Waals surface area (Å²) in [6.45, 7) is 4.34. The third kappa shape index (κ3) is 4.23. The van der Waals surface area contributed by atoms with Crippen LogP contribution >= 0.6 is 0 Å². The van der Waals surface area contributed by atoms with Crippen molar-refractivity contribution in [3.05, 3.63) is 58.7 Å². The van der Waals surface area contributed by atoms with Crippen LogP contribution in [0.25, 0.3) is 0 Å². The number of hydrogen-bond donors (Lipinski definition) is 2. The van der Waals surface area contributed by atoms with Crippen LogP contribution < -0.4 is 10.6 Å². The van der Waals surface area contributed by atoms with Gasteiger partial charge >= 0.3 is 0 Å². The molecule has 2 saturated heterocycles. The van der Waals surface area contributed by atoms with Gasteiger partial charge in [0.15, 0.2) is 0 Å². The molecular weight excluding hydrogens is 444 g/mol. The predicted molar refractivity (Wildman–Crippen MR) is 141 cm³/mol. The van der Waals surface area contributed by atoms with Crippen molar-refractivity contribution in [1.82, 2.24) is 10.2 Å². The van der Waals surface area contributed by atoms with Crippen molar-refractivity contribution in [3.8, 4) is 6.07 Å². The van der Waals surface area contributed by atoms with Crippen molar-refractivity contribution in [2.45, 2.75) is 75.8 Å². The van der Waals surface area contributed by atoms with Crippen molar-refractivity contribution < 1.29 is 10.1 Å². The highest BCUT2D eigenvalue weighted by atomic mass is 16.2. The van der Waals surface area contributed by atoms with E-state index in [1.54, 1.807) is 0 Å². The van der Waals surface area contributed by atoms with Crippen LogP contribution in [0.4, 0.5) is 0 Å². The van der Waals surface area contributed by atoms with E-state index in [0.717, 1.165) is 45.6 Å². The van der Waals surface area contributed by atoms with Gasteiger partial charge in [-0.15, -0.1) is 0 Å². The molecule has 3 N–H and O–H groups in total. The normalized spacial score (nSPS) is 32.7. The minimum atomic E-state index is -0.179. The number of likely N-dealkylation sites (tertiary alicyclic amines) is 1. The highest BCUT2D eigenvalue weighted by Gasteiger charge is 2.55. The summed E-state index contributed by atoms with van der Waals surface area (Å²) in [4.78, 5) is 16.9. The van der Waals surface area contributed by atoms with Gasteiger partial charge in [0.25, 0.3) is 0 Å². The standard InChI is InChI=1S/C31H40N4O/c32-17-22-11-12-27-26(15-22)18-33-20-31(27)21-34-19-28(31)30(36)35-14-13-25(23-7-3-1-4-8-23)16-29(35)24-9-5-2-6-10-24/h3,7-8,11-12,15,24-25,28-29,33-34H,1-2,4-6,9-10,13-14,16,18-21H2/p+1/t25-,28+,29?,31+/m1/s1. The number of nitriles is 1. The maximum Gasteiger partial charge on any atom is 0.232 e. The molecule has 190 valence electrons. The number of fused-ring (bicyclic) bond motifs is 2. The molecule has 1 saturated carbocycles. The number of piperidine rings is 1. The molecule has 0 radical (unpaired) electrons. The number of hydrogen-bond acceptors (Lipinski definition) is 3. The monoisotopic (exact) mass is 485 g/mol. The molecule has 0 aromatic heterocycles. The van der Waals surface area contributed by atoms with Crippen molar-refractivity contribution >= 4 is 5.91 Å². The SMILES string of the molecule is N#Cc1ccc2c(c1)CNC[C@]21C[NH2+]C[C@H]1C(=O)N1CC[C@@H](C2=CCCC=C2)CC1C1CCCCC1. The zero-order valence-corrected chi connectivity index (χ0v) is 21.6. The lowest BCUT2D eigenvalue weighted by atomic mass is 9.67. The Labute approximate surface area is 216 Å². The molecule has 36 heavy (non-hydrogen) atoms. The second-order valence-corrected chi connectivity index (χ2v) is 11.9. The summed E-state index contributed by atoms with van der Waals surface area (Å²) in [6, 6.07) is 8.81. The smallest absolute Gasteiger partial charge is 0.232 e. The van der Waals surface area contributed by atoms with Gasteiger partial charge in [0.05, 0.1) is 30.1 Å². The number of carbonyl (C=O) groups excluding carboxylic acids is 1. The number of amides is 1. The second kappa shape index (κ2) is 10.1. The minimum absolute atomic E-state index is 0.00609. The van der Waals surface area contributed by atoms with E-state index in [-0.39, 0.29) is 11.3 Å². The van der Waals surface area contributed by atoms with E-state index >= 15 is 0 Å². The van der Waals surface area contributed by atoms with Gasteiger partial charge in [0.1, 0.15) is 5.92 Å². The number of nitrogens with one attached hydrogen (secondary N) is 1. The molecule has 3 fully saturated rings. The number of allylic oxidation sites excluding steroid dienone is 4. The van der Waals surface area contributed by atoms with E-state index in [1.807, 2.05) is 12.1 Å². The summed E-state index contributed by atoms with van der Waals surface area (Å²) in [6.07, 6.45) is 18.3. The number of carbonyl (C=O) groups is 1. The van der Waals surface area contributed by atoms with Gasteiger partial charge in [-0.2, -0.15) is 5.26 Å². The van der Waals surface area contributed by atoms with E-state index in [9.17, 15) is 10.1 Å². The summed E-state index contributed by atoms with van der Waals surface area (Å²) in [7, 11) is 0. The Morgan fingerprint density at radius 2 is 2.06 bits per heavy atom. The average Bonchev–Trinajstić information content (AvgIpc) is 3.37. The van der Waals surface area contributed by atoms with E-state index in [0.29, 0.717) is 29.3 Å². The lowest BCUT2D eigenvalue weighted by Gasteiger charge is -2.47. The van der Waals surface area contributed by atoms with Crippen molar-refractivity contribution in [2.75, 3.05) is 26.2 Å². The van der Waals surface area contributed by atoms with Gasteiger partial charge in [-0.25, -0.2) is 0 Å². The van der Waals surface area contributed by atoms with E-state index in [2.05, 4.69) is 45.9 Å². The summed E-state index contributed by atoms with van der Waals surface area (Å²) < 4.78 is 0. The van der Waals surface area contributed by atoms with Crippen LogP contribution in [0.15, 0.2) is 42.0 Å². The van der Waals surface area contributed by atoms with Gasteiger partial charge < -0.3 is 15.5 Å². The topological polar surface area (TPSA) is 72.7 Å². The zero-order chi connectivity index (χ0) is 24.5. The first kappa shape index (κ1) is 23.9. The summed E-state index contributed by atoms with van der Waals surface area (Å²) in [5.41, 5.74) is 4.56. The van der Waals surface area contributed by atoms with E-state index < -0.39 is 0 Å². The van der Waals surface area contributed by atoms with Crippen LogP contribution in [-0.2, 0) is 16.8 Å². The average molecular weight is 486 g/mol. The maximum absolute atomic E-state index is 14.5. The van der Waals surface area contributed by atoms with Gasteiger partial charge in [-0.1, -0.05) is 43.6 Å². The Hall–Kier alpha value is -2.42. The molecule has 1 aromatic carbocycles. The molecule has 1 spiro atoms. The first-order valence-electron chi connectivity index (χ1n) is 14.4. The Morgan fingerprint density at radius 1 is 1.17 bits per heavy atom. The fourth-order valence-corrected chi connectivity index (χ4v) is 8.19. The molecule has 1 unspecified atom stereocenters. The van der Waals surface area contributed by atoms with Gasteiger partial charge in [0.2, 0.25) is 5.91 Å². The molecule has 5 aliphatic rings. The Morgan fingerprint density at radius 3 is 2.86 bits per heavy atom. The summed E-state index contributed by atoms with van der Waals surface area (Å²) >= 11 is 0. The number of quaternary nitrogens is 1. The fourth-order valence-electron chi connectivity index (χ4n) is 8.19. The first-order chi connectivity index (χ1) is 17.7. The summed E-state index contributed by atoms with van der Waals surface area (Å²) in [5.74, 6) is 1.64. The lowest BCUT2D eigenvalue weighted by Crippen LogP contribution is -2.83. The minimum Gasteiger partial charge on any atom is -0.345 e. The first-order valence-corrected chi connectivity index (χ1v) is 14.4. The van der Waals surface area contributed by atoms with Crippen LogP contribution in [-0.4, -0.2) is 43.0 Å². The zero-order valence-electron chi connectivity index (χ0n) is 21.6. The third-order valence-corrected chi connectivity index (χ3v) is 10.0. The highest BCUT2D eigenvalue weighted by molar-refractivity contribution is 5.82. The molecule has 2 aliphatic carbocycles. The van der Waals surface area contributed by atoms with Crippen molar-refractivity contribution in [2.24, 2.45) is 17.8 Å². The fraction of sp³-hybridized carbons (Fsp3) is 0.613. The molecule has 4 atom stereocenters. The lowest BCUT2D eigenvalue weighted by molar-refractivity contribution is -0.640. The van der Waals surface area contributed by atoms with E-state index in [1.165, 1.54) is 61.6 Å². The quantitative estimate of drug-likeness (QED) is 0.688. The van der Waals surface area contributed by atoms with Gasteiger partial charge in [-0.3, -0.25) is 4.79 Å². The Balaban J connectivity index is 1.29. The Kier molecular flexibility index (Phi) is 6.75. The van der Waals surface area contributed by atoms with Gasteiger partial charge in [0, 0.05) is 25.7 Å². The molecule has 5 heteroatoms. The summed E-state index contributed by atoms with van der Waals surface area (Å²) in [5, 5.41) is 15.4. The second-order valence-electron chi connectivity index (χ2n) is 11.9. The number of rotatable bonds is 3. The van der Waals surface area contributed by atoms with E-state index in [4.69, 9.17) is 0 Å². The molecular formula is C31H41N4O+. The predicted octanol–water partition coefficient (Wildman–Crippen LogP) is 3.56. The van der Waals surface area contributed by atoms with Crippen LogP contribution in [0.2, 0.25) is 0 Å². The van der Waals surface area contributed by atoms with Crippen LogP contribution in [0.1, 0.15) is 74.5 Å². The van der Waals surface area contributed by atoms with Gasteiger partial charge in [-0.05, 0) is 79.2 Å². The molecule has 5 nitrogen and oxygen atoms in total. The number of nitrogens with zero attached hydrogens (tertiary/aromatic N) is 2. The van der Waals surface area contributed by atoms with Crippen LogP contribution in [0.3, 0.4) is 0 Å². The molecule has 0 bridgehead atoms. The molecule has 1 amide bonds.